The van der Waals surface area contributed by atoms with Gasteiger partial charge in [0.2, 0.25) is 0 Å². The maximum atomic E-state index is 11.5. The van der Waals surface area contributed by atoms with Gasteiger partial charge in [-0.15, -0.1) is 0 Å². The first-order valence-electron chi connectivity index (χ1n) is 4.90. The van der Waals surface area contributed by atoms with E-state index in [4.69, 9.17) is 5.11 Å². The van der Waals surface area contributed by atoms with E-state index in [0.717, 1.165) is 0 Å². The van der Waals surface area contributed by atoms with Crippen LogP contribution in [0.25, 0.3) is 0 Å². The summed E-state index contributed by atoms with van der Waals surface area (Å²) in [6.07, 6.45) is 1.61. The van der Waals surface area contributed by atoms with Crippen LogP contribution < -0.4 is 5.32 Å². The number of carbonyl (C=O) groups is 2. The van der Waals surface area contributed by atoms with Crippen molar-refractivity contribution in [3.8, 4) is 0 Å². The van der Waals surface area contributed by atoms with Crippen molar-refractivity contribution in [2.45, 2.75) is 26.3 Å². The minimum absolute atomic E-state index is 0.0787. The van der Waals surface area contributed by atoms with E-state index >= 15 is 0 Å². The number of hydrogen-bond acceptors (Lipinski definition) is 4. The van der Waals surface area contributed by atoms with Crippen LogP contribution in [0.4, 0.5) is 0 Å². The van der Waals surface area contributed by atoms with Gasteiger partial charge in [0, 0.05) is 0 Å². The van der Waals surface area contributed by atoms with E-state index in [1.165, 1.54) is 6.20 Å². The molecule has 7 nitrogen and oxygen atoms in total. The molecule has 0 aliphatic heterocycles. The molecular weight excluding hydrogens is 212 g/mol. The Bertz CT molecular complexity index is 361. The van der Waals surface area contributed by atoms with Crippen LogP contribution in [0.1, 0.15) is 30.8 Å². The summed E-state index contributed by atoms with van der Waals surface area (Å²) in [7, 11) is 0. The Morgan fingerprint density at radius 1 is 1.56 bits per heavy atom. The summed E-state index contributed by atoms with van der Waals surface area (Å²) in [6.45, 7) is 3.77. The number of carboxylic acids is 1. The summed E-state index contributed by atoms with van der Waals surface area (Å²) in [4.78, 5) is 22.4. The molecule has 0 saturated heterocycles. The second-order valence-electron chi connectivity index (χ2n) is 3.85. The number of amides is 1. The molecule has 0 fully saturated rings. The number of rotatable bonds is 5. The van der Waals surface area contributed by atoms with Crippen LogP contribution in [0.15, 0.2) is 6.20 Å². The van der Waals surface area contributed by atoms with Crippen LogP contribution in [-0.2, 0) is 4.79 Å². The fraction of sp³-hybridized carbons (Fsp3) is 0.556. The molecule has 0 radical (unpaired) electrons. The van der Waals surface area contributed by atoms with Gasteiger partial charge in [0.25, 0.3) is 5.91 Å². The number of H-pyrrole nitrogens is 1. The Morgan fingerprint density at radius 3 is 2.69 bits per heavy atom. The van der Waals surface area contributed by atoms with Crippen LogP contribution >= 0.6 is 0 Å². The minimum atomic E-state index is -1.05. The van der Waals surface area contributed by atoms with Crippen LogP contribution in [0.3, 0.4) is 0 Å². The van der Waals surface area contributed by atoms with E-state index in [9.17, 15) is 9.59 Å². The molecule has 1 aromatic rings. The van der Waals surface area contributed by atoms with Crippen molar-refractivity contribution in [1.29, 1.82) is 0 Å². The molecule has 0 aliphatic carbocycles. The number of carboxylic acid groups (broad SMARTS) is 1. The smallest absolute Gasteiger partial charge is 0.326 e. The highest BCUT2D eigenvalue weighted by molar-refractivity contribution is 5.94. The maximum Gasteiger partial charge on any atom is 0.326 e. The SMILES string of the molecule is CC(C)C[C@H](NC(=O)c1cn[nH]n1)C(=O)O. The lowest BCUT2D eigenvalue weighted by atomic mass is 10.0. The van der Waals surface area contributed by atoms with Gasteiger partial charge in [0.05, 0.1) is 6.20 Å². The Labute approximate surface area is 92.2 Å². The molecule has 1 amide bonds. The third-order valence-electron chi connectivity index (χ3n) is 1.96. The Morgan fingerprint density at radius 2 is 2.25 bits per heavy atom. The number of nitrogens with zero attached hydrogens (tertiary/aromatic N) is 2. The van der Waals surface area contributed by atoms with Gasteiger partial charge in [-0.1, -0.05) is 13.8 Å². The largest absolute Gasteiger partial charge is 0.480 e. The van der Waals surface area contributed by atoms with Crippen LogP contribution in [0.2, 0.25) is 0 Å². The summed E-state index contributed by atoms with van der Waals surface area (Å²) < 4.78 is 0. The van der Waals surface area contributed by atoms with Crippen molar-refractivity contribution in [1.82, 2.24) is 20.7 Å². The minimum Gasteiger partial charge on any atom is -0.480 e. The fourth-order valence-corrected chi connectivity index (χ4v) is 1.24. The number of carbonyl (C=O) groups excluding carboxylic acids is 1. The molecule has 1 atom stereocenters. The first kappa shape index (κ1) is 12.2. The molecule has 0 aromatic carbocycles. The van der Waals surface area contributed by atoms with Crippen LogP contribution in [0, 0.1) is 5.92 Å². The lowest BCUT2D eigenvalue weighted by Crippen LogP contribution is -2.41. The summed E-state index contributed by atoms with van der Waals surface area (Å²) in [5, 5.41) is 20.6. The van der Waals surface area contributed by atoms with E-state index in [1.54, 1.807) is 0 Å². The van der Waals surface area contributed by atoms with Gasteiger partial charge < -0.3 is 10.4 Å². The highest BCUT2D eigenvalue weighted by atomic mass is 16.4. The normalized spacial score (nSPS) is 12.4. The second kappa shape index (κ2) is 5.24. The summed E-state index contributed by atoms with van der Waals surface area (Å²) in [6, 6.07) is -0.899. The van der Waals surface area contributed by atoms with Crippen LogP contribution in [0.5, 0.6) is 0 Å². The zero-order valence-corrected chi connectivity index (χ0v) is 9.10. The zero-order valence-electron chi connectivity index (χ0n) is 9.10. The highest BCUT2D eigenvalue weighted by Gasteiger charge is 2.22. The predicted molar refractivity (Wildman–Crippen MR) is 54.7 cm³/mol. The standard InChI is InChI=1S/C9H14N4O3/c1-5(2)3-6(9(15)16)11-8(14)7-4-10-13-12-7/h4-6H,3H2,1-2H3,(H,11,14)(H,15,16)(H,10,12,13)/t6-/m0/s1. The molecule has 7 heteroatoms. The Hall–Kier alpha value is -1.92. The molecule has 1 aromatic heterocycles. The van der Waals surface area contributed by atoms with Gasteiger partial charge in [0.1, 0.15) is 6.04 Å². The topological polar surface area (TPSA) is 108 Å². The van der Waals surface area contributed by atoms with Crippen molar-refractivity contribution in [3.63, 3.8) is 0 Å². The molecule has 0 bridgehead atoms. The molecule has 16 heavy (non-hydrogen) atoms. The van der Waals surface area contributed by atoms with Crippen molar-refractivity contribution in [3.05, 3.63) is 11.9 Å². The lowest BCUT2D eigenvalue weighted by Gasteiger charge is -2.15. The molecule has 0 aliphatic rings. The van der Waals surface area contributed by atoms with Crippen molar-refractivity contribution in [2.24, 2.45) is 5.92 Å². The maximum absolute atomic E-state index is 11.5. The predicted octanol–water partition coefficient (Wildman–Crippen LogP) is 0.0338. The molecular formula is C9H14N4O3. The number of aliphatic carboxylic acids is 1. The van der Waals surface area contributed by atoms with E-state index < -0.39 is 17.9 Å². The summed E-state index contributed by atoms with van der Waals surface area (Å²) in [5.74, 6) is -1.41. The summed E-state index contributed by atoms with van der Waals surface area (Å²) >= 11 is 0. The molecule has 0 spiro atoms. The number of aromatic amines is 1. The molecule has 1 rings (SSSR count). The molecule has 1 heterocycles. The monoisotopic (exact) mass is 226 g/mol. The number of hydrogen-bond donors (Lipinski definition) is 3. The van der Waals surface area contributed by atoms with Gasteiger partial charge in [-0.2, -0.15) is 15.4 Å². The third kappa shape index (κ3) is 3.34. The van der Waals surface area contributed by atoms with E-state index in [0.29, 0.717) is 6.42 Å². The molecule has 3 N–H and O–H groups in total. The summed E-state index contributed by atoms with van der Waals surface area (Å²) in [5.41, 5.74) is 0.0787. The molecule has 88 valence electrons. The van der Waals surface area contributed by atoms with Crippen molar-refractivity contribution < 1.29 is 14.7 Å². The number of aromatic nitrogens is 3. The zero-order chi connectivity index (χ0) is 12.1. The number of nitrogens with one attached hydrogen (secondary N) is 2. The highest BCUT2D eigenvalue weighted by Crippen LogP contribution is 2.05. The Balaban J connectivity index is 2.62. The van der Waals surface area contributed by atoms with Crippen molar-refractivity contribution >= 4 is 11.9 Å². The lowest BCUT2D eigenvalue weighted by molar-refractivity contribution is -0.139. The fourth-order valence-electron chi connectivity index (χ4n) is 1.24. The van der Waals surface area contributed by atoms with E-state index in [2.05, 4.69) is 20.7 Å². The quantitative estimate of drug-likeness (QED) is 0.656. The average molecular weight is 226 g/mol. The van der Waals surface area contributed by atoms with E-state index in [1.807, 2.05) is 13.8 Å². The van der Waals surface area contributed by atoms with E-state index in [-0.39, 0.29) is 11.6 Å². The third-order valence-corrected chi connectivity index (χ3v) is 1.96. The van der Waals surface area contributed by atoms with Gasteiger partial charge in [0.15, 0.2) is 5.69 Å². The first-order valence-corrected chi connectivity index (χ1v) is 4.90. The van der Waals surface area contributed by atoms with Gasteiger partial charge in [-0.25, -0.2) is 4.79 Å². The molecule has 0 unspecified atom stereocenters. The van der Waals surface area contributed by atoms with Gasteiger partial charge >= 0.3 is 5.97 Å². The average Bonchev–Trinajstić information content (AvgIpc) is 2.68. The Kier molecular flexibility index (Phi) is 3.98. The van der Waals surface area contributed by atoms with Gasteiger partial charge in [-0.05, 0) is 12.3 Å². The van der Waals surface area contributed by atoms with Crippen LogP contribution in [-0.4, -0.2) is 38.4 Å². The molecule has 0 saturated carbocycles. The van der Waals surface area contributed by atoms with Crippen molar-refractivity contribution in [2.75, 3.05) is 0 Å². The first-order chi connectivity index (χ1) is 7.50. The second-order valence-corrected chi connectivity index (χ2v) is 3.85. The van der Waals surface area contributed by atoms with Gasteiger partial charge in [-0.3, -0.25) is 4.79 Å².